The van der Waals surface area contributed by atoms with E-state index in [9.17, 15) is 4.79 Å². The lowest BCUT2D eigenvalue weighted by molar-refractivity contribution is -0.113. The molecule has 3 aromatic heterocycles. The Balaban J connectivity index is 1.52. The van der Waals surface area contributed by atoms with Crippen molar-refractivity contribution in [2.24, 2.45) is 0 Å². The molecule has 0 aliphatic rings. The zero-order valence-corrected chi connectivity index (χ0v) is 17.1. The van der Waals surface area contributed by atoms with Crippen molar-refractivity contribution in [1.82, 2.24) is 29.9 Å². The van der Waals surface area contributed by atoms with Gasteiger partial charge in [0.2, 0.25) is 11.0 Å². The number of para-hydroxylation sites is 1. The van der Waals surface area contributed by atoms with Crippen molar-refractivity contribution in [1.29, 1.82) is 0 Å². The molecule has 4 rings (SSSR count). The molecule has 0 saturated carbocycles. The van der Waals surface area contributed by atoms with Crippen molar-refractivity contribution in [3.05, 3.63) is 46.8 Å². The molecule has 4 aromatic rings. The summed E-state index contributed by atoms with van der Waals surface area (Å²) in [6, 6.07) is 7.40. The number of aryl methyl sites for hydroxylation is 1. The summed E-state index contributed by atoms with van der Waals surface area (Å²) in [4.78, 5) is 20.8. The summed E-state index contributed by atoms with van der Waals surface area (Å²) < 4.78 is 1.66. The number of anilines is 1. The number of amides is 1. The summed E-state index contributed by atoms with van der Waals surface area (Å²) in [6.07, 6.45) is 3.92. The fraction of sp³-hybridized carbons (Fsp3) is 0.176. The minimum atomic E-state index is -0.172. The van der Waals surface area contributed by atoms with Crippen LogP contribution in [0.25, 0.3) is 16.7 Å². The number of halogens is 1. The van der Waals surface area contributed by atoms with Gasteiger partial charge in [-0.3, -0.25) is 10.1 Å². The fourth-order valence-electron chi connectivity index (χ4n) is 2.47. The number of nitrogens with one attached hydrogen (secondary N) is 1. The zero-order chi connectivity index (χ0) is 19.5. The second-order valence-corrected chi connectivity index (χ2v) is 8.05. The lowest BCUT2D eigenvalue weighted by atomic mass is 10.3. The van der Waals surface area contributed by atoms with Crippen LogP contribution in [-0.4, -0.2) is 41.6 Å². The van der Waals surface area contributed by atoms with Gasteiger partial charge in [0.15, 0.2) is 5.65 Å². The van der Waals surface area contributed by atoms with Crippen LogP contribution in [0.5, 0.6) is 0 Å². The highest BCUT2D eigenvalue weighted by molar-refractivity contribution is 8.00. The molecule has 1 N–H and O–H groups in total. The molecule has 142 valence electrons. The Morgan fingerprint density at radius 3 is 2.93 bits per heavy atom. The van der Waals surface area contributed by atoms with Crippen LogP contribution in [0.2, 0.25) is 5.02 Å². The summed E-state index contributed by atoms with van der Waals surface area (Å²) in [5.74, 6) is 0.0128. The monoisotopic (exact) mass is 431 g/mol. The highest BCUT2D eigenvalue weighted by atomic mass is 35.5. The first kappa shape index (κ1) is 18.8. The van der Waals surface area contributed by atoms with Crippen molar-refractivity contribution in [2.45, 2.75) is 18.4 Å². The number of thioether (sulfide) groups is 1. The minimum absolute atomic E-state index is 0.172. The fourth-order valence-corrected chi connectivity index (χ4v) is 4.15. The van der Waals surface area contributed by atoms with E-state index in [0.717, 1.165) is 22.5 Å². The lowest BCUT2D eigenvalue weighted by Crippen LogP contribution is -2.14. The molecule has 0 aliphatic heterocycles. The molecule has 0 saturated heterocycles. The van der Waals surface area contributed by atoms with E-state index in [0.29, 0.717) is 20.8 Å². The Morgan fingerprint density at radius 1 is 1.29 bits per heavy atom. The predicted molar refractivity (Wildman–Crippen MR) is 110 cm³/mol. The molecule has 0 atom stereocenters. The standard InChI is InChI=1S/C17H14ClN7OS2/c1-2-14-23-24-17(28-14)22-13(26)8-27-16-10-7-21-25(15(10)19-9-20-16)12-6-4-3-5-11(12)18/h3-7,9H,2,8H2,1H3,(H,22,24,26). The zero-order valence-electron chi connectivity index (χ0n) is 14.7. The first-order chi connectivity index (χ1) is 13.7. The molecule has 0 unspecified atom stereocenters. The molecule has 8 nitrogen and oxygen atoms in total. The molecule has 0 spiro atoms. The van der Waals surface area contributed by atoms with Crippen LogP contribution in [0.4, 0.5) is 5.13 Å². The Labute approximate surface area is 173 Å². The average molecular weight is 432 g/mol. The molecular formula is C17H14ClN7OS2. The van der Waals surface area contributed by atoms with Crippen LogP contribution in [-0.2, 0) is 11.2 Å². The third-order valence-corrected chi connectivity index (χ3v) is 6.07. The summed E-state index contributed by atoms with van der Waals surface area (Å²) in [5, 5.41) is 18.5. The molecule has 0 aliphatic carbocycles. The van der Waals surface area contributed by atoms with E-state index in [4.69, 9.17) is 11.6 Å². The second kappa shape index (κ2) is 8.21. The van der Waals surface area contributed by atoms with E-state index in [-0.39, 0.29) is 11.7 Å². The van der Waals surface area contributed by atoms with Crippen LogP contribution in [0, 0.1) is 0 Å². The lowest BCUT2D eigenvalue weighted by Gasteiger charge is -2.05. The van der Waals surface area contributed by atoms with Crippen molar-refractivity contribution in [2.75, 3.05) is 11.1 Å². The van der Waals surface area contributed by atoms with Gasteiger partial charge < -0.3 is 0 Å². The quantitative estimate of drug-likeness (QED) is 0.367. The van der Waals surface area contributed by atoms with Gasteiger partial charge in [-0.1, -0.05) is 53.8 Å². The SMILES string of the molecule is CCc1nnc(NC(=O)CSc2ncnc3c2cnn3-c2ccccc2Cl)s1. The van der Waals surface area contributed by atoms with Crippen LogP contribution >= 0.6 is 34.7 Å². The van der Waals surface area contributed by atoms with Crippen molar-refractivity contribution < 1.29 is 4.79 Å². The van der Waals surface area contributed by atoms with Crippen molar-refractivity contribution in [3.8, 4) is 5.69 Å². The van der Waals surface area contributed by atoms with Crippen LogP contribution in [0.15, 0.2) is 41.8 Å². The maximum absolute atomic E-state index is 12.2. The van der Waals surface area contributed by atoms with E-state index < -0.39 is 0 Å². The number of nitrogens with zero attached hydrogens (tertiary/aromatic N) is 6. The van der Waals surface area contributed by atoms with Gasteiger partial charge in [0.25, 0.3) is 0 Å². The number of benzene rings is 1. The third kappa shape index (κ3) is 3.84. The maximum atomic E-state index is 12.2. The predicted octanol–water partition coefficient (Wildman–Crippen LogP) is 3.61. The Kier molecular flexibility index (Phi) is 5.51. The highest BCUT2D eigenvalue weighted by Crippen LogP contribution is 2.28. The molecule has 28 heavy (non-hydrogen) atoms. The first-order valence-electron chi connectivity index (χ1n) is 8.34. The largest absolute Gasteiger partial charge is 0.300 e. The number of hydrogen-bond donors (Lipinski definition) is 1. The molecule has 0 radical (unpaired) electrons. The smallest absolute Gasteiger partial charge is 0.236 e. The molecule has 0 fully saturated rings. The molecular weight excluding hydrogens is 418 g/mol. The minimum Gasteiger partial charge on any atom is -0.300 e. The van der Waals surface area contributed by atoms with Gasteiger partial charge in [-0.15, -0.1) is 10.2 Å². The van der Waals surface area contributed by atoms with Gasteiger partial charge in [0.05, 0.1) is 28.0 Å². The molecule has 1 amide bonds. The molecule has 11 heteroatoms. The normalized spacial score (nSPS) is 11.1. The summed E-state index contributed by atoms with van der Waals surface area (Å²) >= 11 is 8.96. The van der Waals surface area contributed by atoms with Crippen molar-refractivity contribution in [3.63, 3.8) is 0 Å². The number of fused-ring (bicyclic) bond motifs is 1. The van der Waals surface area contributed by atoms with E-state index in [1.807, 2.05) is 25.1 Å². The number of carbonyl (C=O) groups is 1. The van der Waals surface area contributed by atoms with E-state index in [1.54, 1.807) is 16.9 Å². The van der Waals surface area contributed by atoms with Gasteiger partial charge in [-0.25, -0.2) is 14.6 Å². The van der Waals surface area contributed by atoms with Gasteiger partial charge in [-0.2, -0.15) is 5.10 Å². The average Bonchev–Trinajstić information content (AvgIpc) is 3.34. The van der Waals surface area contributed by atoms with Crippen LogP contribution < -0.4 is 5.32 Å². The number of rotatable bonds is 6. The number of hydrogen-bond acceptors (Lipinski definition) is 8. The Bertz CT molecular complexity index is 1140. The second-order valence-electron chi connectivity index (χ2n) is 5.62. The van der Waals surface area contributed by atoms with Gasteiger partial charge in [0, 0.05) is 0 Å². The molecule has 3 heterocycles. The molecule has 1 aromatic carbocycles. The van der Waals surface area contributed by atoms with E-state index >= 15 is 0 Å². The number of aromatic nitrogens is 6. The first-order valence-corrected chi connectivity index (χ1v) is 10.5. The third-order valence-electron chi connectivity index (χ3n) is 3.77. The van der Waals surface area contributed by atoms with Crippen LogP contribution in [0.1, 0.15) is 11.9 Å². The maximum Gasteiger partial charge on any atom is 0.236 e. The molecule has 0 bridgehead atoms. The van der Waals surface area contributed by atoms with Gasteiger partial charge in [0.1, 0.15) is 16.4 Å². The topological polar surface area (TPSA) is 98.5 Å². The summed E-state index contributed by atoms with van der Waals surface area (Å²) in [6.45, 7) is 1.99. The van der Waals surface area contributed by atoms with Gasteiger partial charge in [-0.05, 0) is 18.6 Å². The van der Waals surface area contributed by atoms with Crippen molar-refractivity contribution >= 4 is 56.8 Å². The highest BCUT2D eigenvalue weighted by Gasteiger charge is 2.15. The van der Waals surface area contributed by atoms with E-state index in [2.05, 4.69) is 30.6 Å². The summed E-state index contributed by atoms with van der Waals surface area (Å²) in [7, 11) is 0. The number of carbonyl (C=O) groups excluding carboxylic acids is 1. The Morgan fingerprint density at radius 2 is 2.14 bits per heavy atom. The Hall–Kier alpha value is -2.56. The van der Waals surface area contributed by atoms with E-state index in [1.165, 1.54) is 29.4 Å². The van der Waals surface area contributed by atoms with Crippen LogP contribution in [0.3, 0.4) is 0 Å². The summed E-state index contributed by atoms with van der Waals surface area (Å²) in [5.41, 5.74) is 1.36. The van der Waals surface area contributed by atoms with Gasteiger partial charge >= 0.3 is 0 Å².